The van der Waals surface area contributed by atoms with E-state index in [1.807, 2.05) is 26.8 Å². The van der Waals surface area contributed by atoms with E-state index in [0.717, 1.165) is 17.0 Å². The highest BCUT2D eigenvalue weighted by Crippen LogP contribution is 2.26. The number of hydrogen-bond donors (Lipinski definition) is 3. The molecule has 2 aromatic heterocycles. The van der Waals surface area contributed by atoms with E-state index in [2.05, 4.69) is 30.8 Å². The van der Waals surface area contributed by atoms with Gasteiger partial charge in [0.2, 0.25) is 5.91 Å². The van der Waals surface area contributed by atoms with Crippen LogP contribution in [-0.2, 0) is 22.5 Å². The number of rotatable bonds is 6. The molecule has 2 amide bonds. The molecule has 3 N–H and O–H groups in total. The lowest BCUT2D eigenvalue weighted by atomic mass is 10.00. The zero-order valence-electron chi connectivity index (χ0n) is 19.7. The summed E-state index contributed by atoms with van der Waals surface area (Å²) >= 11 is 0. The van der Waals surface area contributed by atoms with Gasteiger partial charge in [0, 0.05) is 23.9 Å². The molecule has 10 heteroatoms. The topological polar surface area (TPSA) is 125 Å². The van der Waals surface area contributed by atoms with E-state index in [1.54, 1.807) is 25.7 Å². The fourth-order valence-corrected chi connectivity index (χ4v) is 3.62. The van der Waals surface area contributed by atoms with Crippen molar-refractivity contribution in [3.05, 3.63) is 29.3 Å². The molecule has 3 rings (SSSR count). The molecule has 2 aromatic rings. The molecule has 0 fully saturated rings. The third-order valence-corrected chi connectivity index (χ3v) is 4.97. The van der Waals surface area contributed by atoms with E-state index in [0.29, 0.717) is 37.6 Å². The number of nitrogens with one attached hydrogen (secondary N) is 3. The third kappa shape index (κ3) is 6.18. The van der Waals surface area contributed by atoms with Crippen molar-refractivity contribution in [1.29, 1.82) is 0 Å². The summed E-state index contributed by atoms with van der Waals surface area (Å²) in [6.45, 7) is 12.2. The maximum atomic E-state index is 13.3. The molecule has 3 heterocycles. The number of carbonyl (C=O) groups is 2. The summed E-state index contributed by atoms with van der Waals surface area (Å²) in [5, 5.41) is 13.1. The number of hydrogen-bond acceptors (Lipinski definition) is 7. The number of H-pyrrole nitrogens is 1. The second kappa shape index (κ2) is 9.54. The Labute approximate surface area is 188 Å². The zero-order chi connectivity index (χ0) is 23.5. The molecule has 0 saturated carbocycles. The number of aromatic nitrogens is 4. The van der Waals surface area contributed by atoms with Crippen LogP contribution in [0.3, 0.4) is 0 Å². The molecule has 0 saturated heterocycles. The van der Waals surface area contributed by atoms with Gasteiger partial charge in [-0.3, -0.25) is 9.89 Å². The van der Waals surface area contributed by atoms with Crippen LogP contribution in [0.5, 0.6) is 0 Å². The van der Waals surface area contributed by atoms with Gasteiger partial charge in [-0.25, -0.2) is 14.8 Å². The Morgan fingerprint density at radius 2 is 2.03 bits per heavy atom. The Bertz CT molecular complexity index is 965. The van der Waals surface area contributed by atoms with E-state index in [4.69, 9.17) is 4.74 Å². The predicted molar refractivity (Wildman–Crippen MR) is 120 cm³/mol. The molecule has 0 radical (unpaired) electrons. The van der Waals surface area contributed by atoms with E-state index >= 15 is 0 Å². The molecule has 0 aromatic carbocycles. The molecule has 1 aliphatic rings. The number of anilines is 2. The van der Waals surface area contributed by atoms with E-state index in [1.165, 1.54) is 6.33 Å². The highest BCUT2D eigenvalue weighted by atomic mass is 16.6. The van der Waals surface area contributed by atoms with Crippen LogP contribution >= 0.6 is 0 Å². The Morgan fingerprint density at radius 1 is 1.28 bits per heavy atom. The van der Waals surface area contributed by atoms with Gasteiger partial charge >= 0.3 is 6.09 Å². The van der Waals surface area contributed by atoms with Gasteiger partial charge < -0.3 is 20.3 Å². The standard InChI is InChI=1S/C22H33N7O3/c1-13(2)9-16(25-21(31)32-22(4,5)6)20(30)29-8-7-15-17(11-29)23-12-24-19(15)26-18-10-14(3)27-28-18/h10,12-13,16H,7-9,11H2,1-6H3,(H,25,31)(H2,23,24,26,27,28)/t16-/m0/s1. The minimum absolute atomic E-state index is 0.133. The first-order valence-corrected chi connectivity index (χ1v) is 10.9. The van der Waals surface area contributed by atoms with Gasteiger partial charge in [0.25, 0.3) is 0 Å². The summed E-state index contributed by atoms with van der Waals surface area (Å²) in [5.41, 5.74) is 2.07. The van der Waals surface area contributed by atoms with E-state index in [9.17, 15) is 9.59 Å². The number of aromatic amines is 1. The molecule has 32 heavy (non-hydrogen) atoms. The first kappa shape index (κ1) is 23.5. The van der Waals surface area contributed by atoms with Gasteiger partial charge in [0.05, 0.1) is 12.2 Å². The van der Waals surface area contributed by atoms with Gasteiger partial charge in [-0.1, -0.05) is 13.8 Å². The molecular formula is C22H33N7O3. The summed E-state index contributed by atoms with van der Waals surface area (Å²) in [5.74, 6) is 1.47. The molecule has 0 bridgehead atoms. The van der Waals surface area contributed by atoms with Crippen molar-refractivity contribution in [3.8, 4) is 0 Å². The lowest BCUT2D eigenvalue weighted by molar-refractivity contribution is -0.134. The largest absolute Gasteiger partial charge is 0.444 e. The van der Waals surface area contributed by atoms with Crippen molar-refractivity contribution in [1.82, 2.24) is 30.4 Å². The number of alkyl carbamates (subject to hydrolysis) is 1. The van der Waals surface area contributed by atoms with Crippen LogP contribution in [0, 0.1) is 12.8 Å². The van der Waals surface area contributed by atoms with Gasteiger partial charge in [-0.2, -0.15) is 5.10 Å². The number of ether oxygens (including phenoxy) is 1. The Hall–Kier alpha value is -3.17. The third-order valence-electron chi connectivity index (χ3n) is 4.97. The molecule has 174 valence electrons. The lowest BCUT2D eigenvalue weighted by Gasteiger charge is -2.32. The van der Waals surface area contributed by atoms with Crippen molar-refractivity contribution < 1.29 is 14.3 Å². The van der Waals surface area contributed by atoms with Crippen molar-refractivity contribution in [2.45, 2.75) is 72.6 Å². The van der Waals surface area contributed by atoms with Crippen LogP contribution in [0.1, 0.15) is 58.0 Å². The number of carbonyl (C=O) groups excluding carboxylic acids is 2. The van der Waals surface area contributed by atoms with Gasteiger partial charge in [0.1, 0.15) is 23.8 Å². The Morgan fingerprint density at radius 3 is 2.66 bits per heavy atom. The maximum absolute atomic E-state index is 13.3. The maximum Gasteiger partial charge on any atom is 0.408 e. The molecule has 1 atom stereocenters. The van der Waals surface area contributed by atoms with E-state index in [-0.39, 0.29) is 11.8 Å². The minimum Gasteiger partial charge on any atom is -0.444 e. The monoisotopic (exact) mass is 443 g/mol. The summed E-state index contributed by atoms with van der Waals surface area (Å²) in [4.78, 5) is 36.1. The van der Waals surface area contributed by atoms with Crippen molar-refractivity contribution >= 4 is 23.6 Å². The van der Waals surface area contributed by atoms with Crippen molar-refractivity contribution in [2.24, 2.45) is 5.92 Å². The second-order valence-electron chi connectivity index (χ2n) is 9.55. The molecular weight excluding hydrogens is 410 g/mol. The van der Waals surface area contributed by atoms with Crippen LogP contribution in [0.15, 0.2) is 12.4 Å². The Kier molecular flexibility index (Phi) is 7.00. The zero-order valence-corrected chi connectivity index (χ0v) is 19.7. The van der Waals surface area contributed by atoms with Crippen molar-refractivity contribution in [3.63, 3.8) is 0 Å². The van der Waals surface area contributed by atoms with Crippen LogP contribution in [0.2, 0.25) is 0 Å². The summed E-state index contributed by atoms with van der Waals surface area (Å²) in [6, 6.07) is 1.24. The molecule has 0 aliphatic carbocycles. The van der Waals surface area contributed by atoms with Gasteiger partial charge in [0.15, 0.2) is 5.82 Å². The first-order valence-electron chi connectivity index (χ1n) is 10.9. The second-order valence-corrected chi connectivity index (χ2v) is 9.55. The molecule has 0 spiro atoms. The minimum atomic E-state index is -0.655. The van der Waals surface area contributed by atoms with Crippen LogP contribution in [0.25, 0.3) is 0 Å². The number of nitrogens with zero attached hydrogens (tertiary/aromatic N) is 4. The molecule has 10 nitrogen and oxygen atoms in total. The molecule has 0 unspecified atom stereocenters. The fourth-order valence-electron chi connectivity index (χ4n) is 3.62. The summed E-state index contributed by atoms with van der Waals surface area (Å²) in [6.07, 6.45) is 2.03. The fraction of sp³-hybridized carbons (Fsp3) is 0.591. The summed E-state index contributed by atoms with van der Waals surface area (Å²) < 4.78 is 5.36. The van der Waals surface area contributed by atoms with Gasteiger partial charge in [-0.05, 0) is 46.5 Å². The van der Waals surface area contributed by atoms with Crippen LogP contribution in [0.4, 0.5) is 16.4 Å². The van der Waals surface area contributed by atoms with Crippen LogP contribution in [-0.4, -0.2) is 55.3 Å². The normalized spacial score (nSPS) is 14.7. The Balaban J connectivity index is 1.72. The lowest BCUT2D eigenvalue weighted by Crippen LogP contribution is -2.51. The van der Waals surface area contributed by atoms with Crippen LogP contribution < -0.4 is 10.6 Å². The van der Waals surface area contributed by atoms with E-state index < -0.39 is 17.7 Å². The molecule has 1 aliphatic heterocycles. The van der Waals surface area contributed by atoms with Crippen molar-refractivity contribution in [2.75, 3.05) is 11.9 Å². The van der Waals surface area contributed by atoms with Gasteiger partial charge in [-0.15, -0.1) is 0 Å². The first-order chi connectivity index (χ1) is 15.0. The number of fused-ring (bicyclic) bond motifs is 1. The predicted octanol–water partition coefficient (Wildman–Crippen LogP) is 3.08. The SMILES string of the molecule is Cc1cc(Nc2ncnc3c2CCN(C(=O)[C@H](CC(C)C)NC(=O)OC(C)(C)C)C3)n[nH]1. The summed E-state index contributed by atoms with van der Waals surface area (Å²) in [7, 11) is 0. The highest BCUT2D eigenvalue weighted by molar-refractivity contribution is 5.86. The number of aryl methyl sites for hydroxylation is 1. The highest BCUT2D eigenvalue weighted by Gasteiger charge is 2.31. The average molecular weight is 444 g/mol. The average Bonchev–Trinajstić information content (AvgIpc) is 3.09. The quantitative estimate of drug-likeness (QED) is 0.626. The number of amides is 2. The smallest absolute Gasteiger partial charge is 0.408 e.